The first-order valence-corrected chi connectivity index (χ1v) is 5.80. The topological polar surface area (TPSA) is 61.7 Å². The molecule has 0 bridgehead atoms. The van der Waals surface area contributed by atoms with Crippen molar-refractivity contribution in [3.8, 4) is 0 Å². The van der Waals surface area contributed by atoms with Crippen LogP contribution in [0.1, 0.15) is 34.1 Å². The summed E-state index contributed by atoms with van der Waals surface area (Å²) in [7, 11) is 0. The molecule has 0 saturated carbocycles. The Balaban J connectivity index is 0. The van der Waals surface area contributed by atoms with Crippen LogP contribution in [0.2, 0.25) is 0 Å². The predicted octanol–water partition coefficient (Wildman–Crippen LogP) is 2.06. The summed E-state index contributed by atoms with van der Waals surface area (Å²) in [5, 5.41) is 12.1. The molecule has 0 aromatic heterocycles. The third kappa shape index (κ3) is 12.5. The molecular weight excluding hydrogens is 216 g/mol. The van der Waals surface area contributed by atoms with Gasteiger partial charge in [0.25, 0.3) is 0 Å². The van der Waals surface area contributed by atoms with Crippen molar-refractivity contribution in [3.63, 3.8) is 0 Å². The minimum Gasteiger partial charge on any atom is -0.391 e. The van der Waals surface area contributed by atoms with E-state index in [1.54, 1.807) is 12.3 Å². The summed E-state index contributed by atoms with van der Waals surface area (Å²) in [6.07, 6.45) is 5.15. The van der Waals surface area contributed by atoms with Crippen LogP contribution in [0, 0.1) is 0 Å². The summed E-state index contributed by atoms with van der Waals surface area (Å²) in [6.45, 7) is 10.9. The number of hydrogen-bond acceptors (Lipinski definition) is 3. The Morgan fingerprint density at radius 3 is 2.53 bits per heavy atom. The van der Waals surface area contributed by atoms with E-state index in [-0.39, 0.29) is 12.5 Å². The summed E-state index contributed by atoms with van der Waals surface area (Å²) in [5.74, 6) is -0.139. The van der Waals surface area contributed by atoms with Gasteiger partial charge in [0.2, 0.25) is 5.91 Å². The molecule has 17 heavy (non-hydrogen) atoms. The molecule has 0 radical (unpaired) electrons. The lowest BCUT2D eigenvalue weighted by molar-refractivity contribution is -0.119. The third-order valence-electron chi connectivity index (χ3n) is 1.82. The molecular formula is C13H24N2O2. The second-order valence-corrected chi connectivity index (χ2v) is 3.16. The fourth-order valence-corrected chi connectivity index (χ4v) is 1.04. The summed E-state index contributed by atoms with van der Waals surface area (Å²) in [6, 6.07) is 0. The van der Waals surface area contributed by atoms with E-state index in [1.165, 1.54) is 6.92 Å². The van der Waals surface area contributed by atoms with E-state index in [4.69, 9.17) is 0 Å². The van der Waals surface area contributed by atoms with Crippen molar-refractivity contribution in [3.05, 3.63) is 23.9 Å². The Hall–Kier alpha value is -1.42. The standard InChI is InChI=1S/C11H18N2O2.C2H6/c1-4-10(5-6-12-3)7-11(15)8-13-9(2)14;1-2/h4-6,11,15H,3,7-8H2,1-2H3,(H,13,14);1-2H3/b6-5-,10-4+;. The number of carbonyl (C=O) groups excluding carboxylic acids is 1. The molecule has 0 spiro atoms. The van der Waals surface area contributed by atoms with Crippen LogP contribution < -0.4 is 5.32 Å². The number of aliphatic imine (C=N–C) groups is 1. The van der Waals surface area contributed by atoms with Gasteiger partial charge in [-0.3, -0.25) is 9.79 Å². The van der Waals surface area contributed by atoms with E-state index in [1.807, 2.05) is 26.8 Å². The molecule has 0 aliphatic rings. The highest BCUT2D eigenvalue weighted by atomic mass is 16.3. The van der Waals surface area contributed by atoms with Gasteiger partial charge in [-0.05, 0) is 31.7 Å². The van der Waals surface area contributed by atoms with Crippen molar-refractivity contribution in [1.82, 2.24) is 5.32 Å². The van der Waals surface area contributed by atoms with Gasteiger partial charge >= 0.3 is 0 Å². The zero-order valence-electron chi connectivity index (χ0n) is 11.2. The number of nitrogens with one attached hydrogen (secondary N) is 1. The van der Waals surface area contributed by atoms with E-state index in [9.17, 15) is 9.90 Å². The van der Waals surface area contributed by atoms with Crippen molar-refractivity contribution in [1.29, 1.82) is 0 Å². The molecule has 98 valence electrons. The maximum absolute atomic E-state index is 10.6. The van der Waals surface area contributed by atoms with Crippen molar-refractivity contribution in [2.45, 2.75) is 40.2 Å². The summed E-state index contributed by atoms with van der Waals surface area (Å²) < 4.78 is 0. The Labute approximate surface area is 104 Å². The van der Waals surface area contributed by atoms with Crippen molar-refractivity contribution < 1.29 is 9.90 Å². The minimum absolute atomic E-state index is 0.139. The molecule has 0 aromatic rings. The normalized spacial score (nSPS) is 12.6. The van der Waals surface area contributed by atoms with E-state index < -0.39 is 6.10 Å². The smallest absolute Gasteiger partial charge is 0.216 e. The molecule has 1 atom stereocenters. The Bertz CT molecular complexity index is 271. The van der Waals surface area contributed by atoms with Gasteiger partial charge < -0.3 is 10.4 Å². The highest BCUT2D eigenvalue weighted by Gasteiger charge is 2.05. The second-order valence-electron chi connectivity index (χ2n) is 3.16. The molecule has 1 unspecified atom stereocenters. The van der Waals surface area contributed by atoms with Gasteiger partial charge in [0.15, 0.2) is 0 Å². The van der Waals surface area contributed by atoms with Gasteiger partial charge in [-0.15, -0.1) is 0 Å². The molecule has 0 rings (SSSR count). The molecule has 0 heterocycles. The van der Waals surface area contributed by atoms with E-state index in [0.717, 1.165) is 5.57 Å². The molecule has 0 aromatic carbocycles. The van der Waals surface area contributed by atoms with Crippen LogP contribution >= 0.6 is 0 Å². The zero-order chi connectivity index (χ0) is 13.7. The van der Waals surface area contributed by atoms with Crippen molar-refractivity contribution in [2.75, 3.05) is 6.54 Å². The number of nitrogens with zero attached hydrogens (tertiary/aromatic N) is 1. The number of aliphatic hydroxyl groups is 1. The number of carbonyl (C=O) groups is 1. The SMILES string of the molecule is C=N/C=C\C(=C/C)CC(O)CNC(C)=O.CC. The predicted molar refractivity (Wildman–Crippen MR) is 73.1 cm³/mol. The fourth-order valence-electron chi connectivity index (χ4n) is 1.04. The average Bonchev–Trinajstić information content (AvgIpc) is 2.34. The lowest BCUT2D eigenvalue weighted by Crippen LogP contribution is -2.30. The Morgan fingerprint density at radius 2 is 2.12 bits per heavy atom. The molecule has 0 aliphatic heterocycles. The zero-order valence-corrected chi connectivity index (χ0v) is 11.2. The van der Waals surface area contributed by atoms with Gasteiger partial charge in [-0.1, -0.05) is 19.9 Å². The molecule has 1 amide bonds. The number of rotatable bonds is 6. The minimum atomic E-state index is -0.574. The number of hydrogen-bond donors (Lipinski definition) is 2. The number of allylic oxidation sites excluding steroid dienone is 2. The molecule has 0 aliphatic carbocycles. The first-order chi connectivity index (χ1) is 8.10. The average molecular weight is 240 g/mol. The van der Waals surface area contributed by atoms with Crippen molar-refractivity contribution >= 4 is 12.6 Å². The highest BCUT2D eigenvalue weighted by molar-refractivity contribution is 5.72. The number of aliphatic hydroxyl groups excluding tert-OH is 1. The summed E-state index contributed by atoms with van der Waals surface area (Å²) >= 11 is 0. The van der Waals surface area contributed by atoms with Gasteiger partial charge in [0.05, 0.1) is 6.10 Å². The first kappa shape index (κ1) is 18.0. The molecule has 2 N–H and O–H groups in total. The van der Waals surface area contributed by atoms with Crippen LogP contribution in [0.3, 0.4) is 0 Å². The largest absolute Gasteiger partial charge is 0.391 e. The van der Waals surface area contributed by atoms with Gasteiger partial charge in [0.1, 0.15) is 0 Å². The lowest BCUT2D eigenvalue weighted by Gasteiger charge is -2.11. The monoisotopic (exact) mass is 240 g/mol. The third-order valence-corrected chi connectivity index (χ3v) is 1.82. The first-order valence-electron chi connectivity index (χ1n) is 5.80. The maximum atomic E-state index is 10.6. The van der Waals surface area contributed by atoms with Gasteiger partial charge in [0, 0.05) is 19.7 Å². The molecule has 4 nitrogen and oxygen atoms in total. The Morgan fingerprint density at radius 1 is 1.53 bits per heavy atom. The van der Waals surface area contributed by atoms with Gasteiger partial charge in [-0.25, -0.2) is 0 Å². The van der Waals surface area contributed by atoms with E-state index in [0.29, 0.717) is 6.42 Å². The van der Waals surface area contributed by atoms with Crippen LogP contribution in [0.4, 0.5) is 0 Å². The quantitative estimate of drug-likeness (QED) is 0.551. The van der Waals surface area contributed by atoms with E-state index in [2.05, 4.69) is 17.0 Å². The van der Waals surface area contributed by atoms with Crippen LogP contribution in [-0.4, -0.2) is 30.4 Å². The van der Waals surface area contributed by atoms with Crippen LogP contribution in [-0.2, 0) is 4.79 Å². The fraction of sp³-hybridized carbons (Fsp3) is 0.538. The number of amides is 1. The molecule has 4 heteroatoms. The Kier molecular flexibility index (Phi) is 13.4. The van der Waals surface area contributed by atoms with Crippen LogP contribution in [0.15, 0.2) is 28.9 Å². The lowest BCUT2D eigenvalue weighted by atomic mass is 10.1. The van der Waals surface area contributed by atoms with Crippen LogP contribution in [0.5, 0.6) is 0 Å². The maximum Gasteiger partial charge on any atom is 0.216 e. The van der Waals surface area contributed by atoms with E-state index >= 15 is 0 Å². The van der Waals surface area contributed by atoms with Crippen molar-refractivity contribution in [2.24, 2.45) is 4.99 Å². The second kappa shape index (κ2) is 12.6. The summed E-state index contributed by atoms with van der Waals surface area (Å²) in [5.41, 5.74) is 0.959. The molecule has 0 fully saturated rings. The van der Waals surface area contributed by atoms with Crippen LogP contribution in [0.25, 0.3) is 0 Å². The molecule has 0 saturated heterocycles. The highest BCUT2D eigenvalue weighted by Crippen LogP contribution is 2.06. The summed E-state index contributed by atoms with van der Waals surface area (Å²) in [4.78, 5) is 14.2. The van der Waals surface area contributed by atoms with Gasteiger partial charge in [-0.2, -0.15) is 0 Å².